The monoisotopic (exact) mass is 564 g/mol. The number of amides is 1. The second-order valence-electron chi connectivity index (χ2n) is 8.91. The average molecular weight is 565 g/mol. The van der Waals surface area contributed by atoms with Gasteiger partial charge in [-0.15, -0.1) is 0 Å². The number of halogens is 1. The van der Waals surface area contributed by atoms with E-state index in [2.05, 4.69) is 15.1 Å². The summed E-state index contributed by atoms with van der Waals surface area (Å²) in [7, 11) is -2.62. The first-order valence-corrected chi connectivity index (χ1v) is 13.9. The Hall–Kier alpha value is -4.08. The van der Waals surface area contributed by atoms with E-state index in [1.54, 1.807) is 36.5 Å². The molecule has 1 N–H and O–H groups in total. The molecule has 39 heavy (non-hydrogen) atoms. The number of nitrogens with zero attached hydrogens (tertiary/aromatic N) is 3. The number of anilines is 1. The largest absolute Gasteiger partial charge is 0.497 e. The predicted octanol–water partition coefficient (Wildman–Crippen LogP) is 5.41. The lowest BCUT2D eigenvalue weighted by Crippen LogP contribution is -2.39. The molecule has 0 radical (unpaired) electrons. The van der Waals surface area contributed by atoms with Gasteiger partial charge < -0.3 is 9.30 Å². The van der Waals surface area contributed by atoms with Gasteiger partial charge in [0.15, 0.2) is 0 Å². The van der Waals surface area contributed by atoms with E-state index in [9.17, 15) is 13.2 Å². The maximum absolute atomic E-state index is 13.5. The van der Waals surface area contributed by atoms with Crippen LogP contribution in [0.1, 0.15) is 22.5 Å². The summed E-state index contributed by atoms with van der Waals surface area (Å²) in [5.41, 5.74) is 7.72. The highest BCUT2D eigenvalue weighted by atomic mass is 35.5. The third kappa shape index (κ3) is 6.16. The highest BCUT2D eigenvalue weighted by molar-refractivity contribution is 7.92. The number of hydrazone groups is 1. The fraction of sp³-hybridized carbons (Fsp3) is 0.172. The Labute approximate surface area is 233 Å². The molecular weight excluding hydrogens is 536 g/mol. The molecule has 0 fully saturated rings. The molecule has 8 nitrogen and oxygen atoms in total. The number of para-hydroxylation sites is 1. The summed E-state index contributed by atoms with van der Waals surface area (Å²) in [4.78, 5) is 12.9. The maximum atomic E-state index is 13.5. The number of hydrogen-bond donors (Lipinski definition) is 1. The third-order valence-electron chi connectivity index (χ3n) is 6.25. The molecule has 1 heterocycles. The molecule has 0 aliphatic heterocycles. The molecule has 1 aromatic heterocycles. The summed E-state index contributed by atoms with van der Waals surface area (Å²) in [6.07, 6.45) is 1.55. The van der Waals surface area contributed by atoms with Crippen molar-refractivity contribution in [3.05, 3.63) is 106 Å². The van der Waals surface area contributed by atoms with Gasteiger partial charge in [-0.3, -0.25) is 9.10 Å². The number of methoxy groups -OCH3 is 1. The number of aromatic nitrogens is 1. The fourth-order valence-corrected chi connectivity index (χ4v) is 5.86. The molecule has 0 unspecified atom stereocenters. The molecule has 0 saturated carbocycles. The van der Waals surface area contributed by atoms with Crippen LogP contribution in [0.2, 0.25) is 5.02 Å². The number of hydrogen-bond acceptors (Lipinski definition) is 5. The van der Waals surface area contributed by atoms with E-state index in [1.807, 2.05) is 51.1 Å². The van der Waals surface area contributed by atoms with E-state index in [0.29, 0.717) is 10.8 Å². The lowest BCUT2D eigenvalue weighted by molar-refractivity contribution is -0.119. The van der Waals surface area contributed by atoms with Crippen LogP contribution >= 0.6 is 11.6 Å². The topological polar surface area (TPSA) is 93.0 Å². The van der Waals surface area contributed by atoms with Gasteiger partial charge in [-0.2, -0.15) is 5.10 Å². The maximum Gasteiger partial charge on any atom is 0.264 e. The van der Waals surface area contributed by atoms with Crippen molar-refractivity contribution < 1.29 is 17.9 Å². The highest BCUT2D eigenvalue weighted by Gasteiger charge is 2.27. The molecule has 0 aliphatic carbocycles. The number of ether oxygens (including phenoxy) is 1. The van der Waals surface area contributed by atoms with Crippen molar-refractivity contribution in [1.82, 2.24) is 9.99 Å². The van der Waals surface area contributed by atoms with Crippen molar-refractivity contribution in [2.45, 2.75) is 25.7 Å². The van der Waals surface area contributed by atoms with E-state index < -0.39 is 22.5 Å². The number of carbonyl (C=O) groups is 1. The van der Waals surface area contributed by atoms with E-state index in [1.165, 1.54) is 25.3 Å². The van der Waals surface area contributed by atoms with E-state index in [0.717, 1.165) is 32.5 Å². The Bertz CT molecular complexity index is 1630. The van der Waals surface area contributed by atoms with Gasteiger partial charge in [-0.1, -0.05) is 35.9 Å². The summed E-state index contributed by atoms with van der Waals surface area (Å²) in [6, 6.07) is 22.3. The number of aryl methyl sites for hydroxylation is 2. The van der Waals surface area contributed by atoms with Gasteiger partial charge in [0.05, 0.1) is 23.9 Å². The molecule has 202 valence electrons. The third-order valence-corrected chi connectivity index (χ3v) is 8.27. The van der Waals surface area contributed by atoms with Crippen molar-refractivity contribution in [1.29, 1.82) is 0 Å². The number of rotatable bonds is 9. The first kappa shape index (κ1) is 27.9. The average Bonchev–Trinajstić information content (AvgIpc) is 3.20. The van der Waals surface area contributed by atoms with Gasteiger partial charge in [0.1, 0.15) is 12.3 Å². The van der Waals surface area contributed by atoms with Crippen LogP contribution < -0.4 is 14.5 Å². The first-order valence-electron chi connectivity index (χ1n) is 12.1. The molecular formula is C29H29ClN4O4S. The molecule has 0 atom stereocenters. The Morgan fingerprint density at radius 2 is 1.74 bits per heavy atom. The number of carbonyl (C=O) groups excluding carboxylic acids is 1. The fourth-order valence-electron chi connectivity index (χ4n) is 4.26. The van der Waals surface area contributed by atoms with Crippen LogP contribution in [0.3, 0.4) is 0 Å². The predicted molar refractivity (Wildman–Crippen MR) is 155 cm³/mol. The second-order valence-corrected chi connectivity index (χ2v) is 11.2. The van der Waals surface area contributed by atoms with Crippen LogP contribution in [0, 0.1) is 20.8 Å². The quantitative estimate of drug-likeness (QED) is 0.217. The Balaban J connectivity index is 1.56. The van der Waals surface area contributed by atoms with Gasteiger partial charge in [-0.25, -0.2) is 13.8 Å². The van der Waals surface area contributed by atoms with Crippen molar-refractivity contribution in [3.8, 4) is 11.4 Å². The van der Waals surface area contributed by atoms with Crippen LogP contribution in [0.4, 0.5) is 5.69 Å². The van der Waals surface area contributed by atoms with Crippen LogP contribution in [0.5, 0.6) is 5.75 Å². The van der Waals surface area contributed by atoms with Crippen molar-refractivity contribution >= 4 is 39.4 Å². The normalized spacial score (nSPS) is 11.5. The van der Waals surface area contributed by atoms with E-state index in [-0.39, 0.29) is 10.6 Å². The molecule has 4 aromatic rings. The minimum absolute atomic E-state index is 0.00298. The zero-order chi connectivity index (χ0) is 28.2. The van der Waals surface area contributed by atoms with Gasteiger partial charge in [0.2, 0.25) is 0 Å². The van der Waals surface area contributed by atoms with Crippen molar-refractivity contribution in [3.63, 3.8) is 0 Å². The minimum Gasteiger partial charge on any atom is -0.497 e. The van der Waals surface area contributed by atoms with Gasteiger partial charge in [-0.05, 0) is 80.9 Å². The molecule has 10 heteroatoms. The molecule has 0 saturated heterocycles. The number of benzene rings is 3. The molecule has 0 bridgehead atoms. The Morgan fingerprint density at radius 1 is 1.03 bits per heavy atom. The molecule has 1 amide bonds. The Kier molecular flexibility index (Phi) is 8.42. The van der Waals surface area contributed by atoms with Crippen LogP contribution in [-0.4, -0.2) is 38.8 Å². The Morgan fingerprint density at radius 3 is 2.41 bits per heavy atom. The summed E-state index contributed by atoms with van der Waals surface area (Å²) >= 11 is 6.13. The van der Waals surface area contributed by atoms with Gasteiger partial charge in [0.25, 0.3) is 15.9 Å². The van der Waals surface area contributed by atoms with Gasteiger partial charge >= 0.3 is 0 Å². The van der Waals surface area contributed by atoms with Crippen LogP contribution in [0.25, 0.3) is 5.69 Å². The van der Waals surface area contributed by atoms with Crippen molar-refractivity contribution in [2.24, 2.45) is 5.10 Å². The summed E-state index contributed by atoms with van der Waals surface area (Å²) in [6.45, 7) is 5.52. The standard InChI is InChI=1S/C29H29ClN4O4S/c1-20-8-5-6-11-28(20)34-21(2)16-23(22(34)3)18-31-32-29(35)19-33(25-10-7-9-24(30)17-25)39(36,37)27-14-12-26(38-4)13-15-27/h5-18H,19H2,1-4H3,(H,32,35)/b31-18-. The minimum atomic E-state index is -4.11. The molecule has 0 aliphatic rings. The summed E-state index contributed by atoms with van der Waals surface area (Å²) in [5.74, 6) is -0.104. The molecule has 3 aromatic carbocycles. The van der Waals surface area contributed by atoms with E-state index >= 15 is 0 Å². The van der Waals surface area contributed by atoms with Crippen LogP contribution in [-0.2, 0) is 14.8 Å². The van der Waals surface area contributed by atoms with E-state index in [4.69, 9.17) is 16.3 Å². The zero-order valence-corrected chi connectivity index (χ0v) is 23.6. The number of sulfonamides is 1. The number of nitrogens with one attached hydrogen (secondary N) is 1. The SMILES string of the molecule is COc1ccc(S(=O)(=O)N(CC(=O)N/N=C\c2cc(C)n(-c3ccccc3C)c2C)c2cccc(Cl)c2)cc1. The lowest BCUT2D eigenvalue weighted by atomic mass is 10.2. The van der Waals surface area contributed by atoms with Crippen LogP contribution in [0.15, 0.2) is 88.9 Å². The highest BCUT2D eigenvalue weighted by Crippen LogP contribution is 2.27. The smallest absolute Gasteiger partial charge is 0.264 e. The summed E-state index contributed by atoms with van der Waals surface area (Å²) < 4.78 is 35.3. The summed E-state index contributed by atoms with van der Waals surface area (Å²) in [5, 5.41) is 4.45. The van der Waals surface area contributed by atoms with Gasteiger partial charge in [0, 0.05) is 27.7 Å². The molecule has 4 rings (SSSR count). The van der Waals surface area contributed by atoms with Crippen molar-refractivity contribution in [2.75, 3.05) is 18.0 Å². The second kappa shape index (κ2) is 11.8. The zero-order valence-electron chi connectivity index (χ0n) is 22.1. The first-order chi connectivity index (χ1) is 18.6. The molecule has 0 spiro atoms. The lowest BCUT2D eigenvalue weighted by Gasteiger charge is -2.24.